The number of benzene rings is 1. The Morgan fingerprint density at radius 2 is 1.75 bits per heavy atom. The van der Waals surface area contributed by atoms with Crippen LogP contribution in [-0.4, -0.2) is 23.5 Å². The number of aryl methyl sites for hydroxylation is 1. The Balaban J connectivity index is 2.34. The zero-order valence-electron chi connectivity index (χ0n) is 12.5. The van der Waals surface area contributed by atoms with Gasteiger partial charge in [0.05, 0.1) is 6.04 Å². The molecule has 0 bridgehead atoms. The van der Waals surface area contributed by atoms with Gasteiger partial charge in [-0.1, -0.05) is 12.5 Å². The van der Waals surface area contributed by atoms with Crippen molar-refractivity contribution in [1.82, 2.24) is 4.90 Å². The normalized spacial score (nSPS) is 19.1. The van der Waals surface area contributed by atoms with E-state index >= 15 is 0 Å². The van der Waals surface area contributed by atoms with E-state index < -0.39 is 23.2 Å². The van der Waals surface area contributed by atoms with Crippen molar-refractivity contribution in [3.8, 4) is 0 Å². The van der Waals surface area contributed by atoms with Gasteiger partial charge in [-0.2, -0.15) is 0 Å². The molecule has 2 N–H and O–H groups in total. The van der Waals surface area contributed by atoms with E-state index in [0.29, 0.717) is 5.56 Å². The number of nitrogens with zero attached hydrogens (tertiary/aromatic N) is 1. The lowest BCUT2D eigenvalue weighted by Gasteiger charge is -2.45. The highest BCUT2D eigenvalue weighted by Gasteiger charge is 2.37. The number of nitrogens with two attached hydrogens (primary N) is 1. The number of likely N-dealkylation sites (tertiary alicyclic amines) is 1. The molecule has 1 heterocycles. The number of rotatable bonds is 3. The van der Waals surface area contributed by atoms with Crippen LogP contribution in [0.2, 0.25) is 0 Å². The van der Waals surface area contributed by atoms with Gasteiger partial charge >= 0.3 is 0 Å². The summed E-state index contributed by atoms with van der Waals surface area (Å²) >= 11 is 0. The Morgan fingerprint density at radius 1 is 1.15 bits per heavy atom. The van der Waals surface area contributed by atoms with Crippen LogP contribution in [-0.2, 0) is 0 Å². The molecule has 1 unspecified atom stereocenters. The lowest BCUT2D eigenvalue weighted by Crippen LogP contribution is -2.53. The van der Waals surface area contributed by atoms with Crippen LogP contribution >= 0.6 is 0 Å². The molecule has 1 fully saturated rings. The molecule has 0 radical (unpaired) electrons. The summed E-state index contributed by atoms with van der Waals surface area (Å²) < 4.78 is 28.3. The second-order valence-corrected chi connectivity index (χ2v) is 6.27. The highest BCUT2D eigenvalue weighted by molar-refractivity contribution is 5.31. The molecule has 2 rings (SSSR count). The Bertz CT molecular complexity index is 480. The highest BCUT2D eigenvalue weighted by Crippen LogP contribution is 2.34. The Kier molecular flexibility index (Phi) is 4.45. The van der Waals surface area contributed by atoms with Crippen LogP contribution in [0.25, 0.3) is 0 Å². The van der Waals surface area contributed by atoms with Crippen LogP contribution in [0, 0.1) is 18.6 Å². The summed E-state index contributed by atoms with van der Waals surface area (Å²) in [5, 5.41) is 0. The van der Waals surface area contributed by atoms with Crippen LogP contribution in [0.4, 0.5) is 8.78 Å². The summed E-state index contributed by atoms with van der Waals surface area (Å²) in [6.45, 7) is 7.47. The van der Waals surface area contributed by atoms with Gasteiger partial charge in [0.1, 0.15) is 11.6 Å². The van der Waals surface area contributed by atoms with E-state index in [1.807, 2.05) is 13.8 Å². The monoisotopic (exact) mass is 282 g/mol. The van der Waals surface area contributed by atoms with Gasteiger partial charge in [0.2, 0.25) is 0 Å². The smallest absolute Gasteiger partial charge is 0.133 e. The molecule has 1 atom stereocenters. The molecule has 0 aromatic heterocycles. The van der Waals surface area contributed by atoms with Gasteiger partial charge in [-0.25, -0.2) is 8.78 Å². The third-order valence-corrected chi connectivity index (χ3v) is 4.56. The first kappa shape index (κ1) is 15.4. The molecule has 0 aliphatic carbocycles. The summed E-state index contributed by atoms with van der Waals surface area (Å²) in [5.41, 5.74) is 6.24. The number of halogens is 2. The van der Waals surface area contributed by atoms with E-state index in [4.69, 9.17) is 5.73 Å². The number of hydrogen-bond donors (Lipinski definition) is 1. The lowest BCUT2D eigenvalue weighted by atomic mass is 9.85. The zero-order valence-corrected chi connectivity index (χ0v) is 12.5. The number of hydrogen-bond acceptors (Lipinski definition) is 2. The molecule has 1 aliphatic rings. The fraction of sp³-hybridized carbons (Fsp3) is 0.625. The summed E-state index contributed by atoms with van der Waals surface area (Å²) in [7, 11) is 0. The minimum Gasteiger partial charge on any atom is -0.322 e. The zero-order chi connectivity index (χ0) is 14.9. The molecule has 1 saturated heterocycles. The average molecular weight is 282 g/mol. The standard InChI is InChI=1S/C16H24F2N2/c1-11-7-8-12(17)13(14(11)18)15(19)16(2,3)20-9-5-4-6-10-20/h7-8,15H,4-6,9-10,19H2,1-3H3. The fourth-order valence-electron chi connectivity index (χ4n) is 2.98. The minimum atomic E-state index is -0.680. The summed E-state index contributed by atoms with van der Waals surface area (Å²) in [4.78, 5) is 2.25. The topological polar surface area (TPSA) is 29.3 Å². The fourth-order valence-corrected chi connectivity index (χ4v) is 2.98. The van der Waals surface area contributed by atoms with Crippen molar-refractivity contribution in [2.24, 2.45) is 5.73 Å². The molecule has 112 valence electrons. The van der Waals surface area contributed by atoms with Crippen LogP contribution in [0.5, 0.6) is 0 Å². The Hall–Kier alpha value is -1.00. The molecule has 1 aromatic carbocycles. The Labute approximate surface area is 120 Å². The third kappa shape index (κ3) is 2.72. The van der Waals surface area contributed by atoms with Crippen LogP contribution in [0.15, 0.2) is 12.1 Å². The quantitative estimate of drug-likeness (QED) is 0.919. The highest BCUT2D eigenvalue weighted by atomic mass is 19.1. The maximum Gasteiger partial charge on any atom is 0.133 e. The van der Waals surface area contributed by atoms with E-state index in [2.05, 4.69) is 4.90 Å². The molecular formula is C16H24F2N2. The molecule has 0 amide bonds. The average Bonchev–Trinajstić information content (AvgIpc) is 2.44. The molecular weight excluding hydrogens is 258 g/mol. The van der Waals surface area contributed by atoms with Gasteiger partial charge in [0, 0.05) is 11.1 Å². The first-order valence-corrected chi connectivity index (χ1v) is 7.31. The van der Waals surface area contributed by atoms with E-state index in [0.717, 1.165) is 25.9 Å². The molecule has 1 aromatic rings. The lowest BCUT2D eigenvalue weighted by molar-refractivity contribution is 0.0708. The summed E-state index contributed by atoms with van der Waals surface area (Å²) in [6, 6.07) is 2.08. The maximum atomic E-state index is 14.3. The second kappa shape index (κ2) is 5.78. The van der Waals surface area contributed by atoms with Crippen molar-refractivity contribution in [2.45, 2.75) is 51.6 Å². The van der Waals surface area contributed by atoms with E-state index in [-0.39, 0.29) is 5.56 Å². The van der Waals surface area contributed by atoms with Crippen molar-refractivity contribution in [3.05, 3.63) is 34.9 Å². The first-order valence-electron chi connectivity index (χ1n) is 7.31. The van der Waals surface area contributed by atoms with Crippen molar-refractivity contribution >= 4 is 0 Å². The molecule has 1 aliphatic heterocycles. The van der Waals surface area contributed by atoms with Crippen LogP contribution in [0.3, 0.4) is 0 Å². The predicted molar refractivity (Wildman–Crippen MR) is 77.5 cm³/mol. The Morgan fingerprint density at radius 3 is 2.35 bits per heavy atom. The first-order chi connectivity index (χ1) is 9.35. The summed E-state index contributed by atoms with van der Waals surface area (Å²) in [6.07, 6.45) is 3.46. The van der Waals surface area contributed by atoms with Crippen molar-refractivity contribution < 1.29 is 8.78 Å². The predicted octanol–water partition coefficient (Wildman–Crippen LogP) is 3.54. The van der Waals surface area contributed by atoms with Crippen molar-refractivity contribution in [2.75, 3.05) is 13.1 Å². The van der Waals surface area contributed by atoms with Crippen LogP contribution < -0.4 is 5.73 Å². The largest absolute Gasteiger partial charge is 0.322 e. The molecule has 4 heteroatoms. The number of piperidine rings is 1. The molecule has 2 nitrogen and oxygen atoms in total. The summed E-state index contributed by atoms with van der Waals surface area (Å²) in [5.74, 6) is -1.06. The SMILES string of the molecule is Cc1ccc(F)c(C(N)C(C)(C)N2CCCCC2)c1F. The molecule has 20 heavy (non-hydrogen) atoms. The second-order valence-electron chi connectivity index (χ2n) is 6.27. The maximum absolute atomic E-state index is 14.3. The minimum absolute atomic E-state index is 0.0144. The molecule has 0 spiro atoms. The van der Waals surface area contributed by atoms with Crippen molar-refractivity contribution in [3.63, 3.8) is 0 Å². The van der Waals surface area contributed by atoms with Gasteiger partial charge in [-0.05, 0) is 58.3 Å². The van der Waals surface area contributed by atoms with Gasteiger partial charge in [0.15, 0.2) is 0 Å². The van der Waals surface area contributed by atoms with E-state index in [9.17, 15) is 8.78 Å². The van der Waals surface area contributed by atoms with E-state index in [1.54, 1.807) is 6.92 Å². The van der Waals surface area contributed by atoms with Gasteiger partial charge in [-0.3, -0.25) is 4.90 Å². The van der Waals surface area contributed by atoms with Gasteiger partial charge in [0.25, 0.3) is 0 Å². The van der Waals surface area contributed by atoms with Crippen molar-refractivity contribution in [1.29, 1.82) is 0 Å². The van der Waals surface area contributed by atoms with Gasteiger partial charge < -0.3 is 5.73 Å². The van der Waals surface area contributed by atoms with E-state index in [1.165, 1.54) is 18.6 Å². The van der Waals surface area contributed by atoms with Gasteiger partial charge in [-0.15, -0.1) is 0 Å². The van der Waals surface area contributed by atoms with Crippen LogP contribution in [0.1, 0.15) is 50.3 Å². The molecule has 0 saturated carbocycles. The third-order valence-electron chi connectivity index (χ3n) is 4.56.